The van der Waals surface area contributed by atoms with Gasteiger partial charge >= 0.3 is 0 Å². The predicted octanol–water partition coefficient (Wildman–Crippen LogP) is 2.36. The Labute approximate surface area is 140 Å². The summed E-state index contributed by atoms with van der Waals surface area (Å²) in [6.07, 6.45) is 1.62. The highest BCUT2D eigenvalue weighted by molar-refractivity contribution is 5.81. The van der Waals surface area contributed by atoms with E-state index in [-0.39, 0.29) is 18.0 Å². The van der Waals surface area contributed by atoms with Crippen LogP contribution in [0.15, 0.2) is 59.5 Å². The van der Waals surface area contributed by atoms with Gasteiger partial charge in [-0.2, -0.15) is 5.10 Å². The van der Waals surface area contributed by atoms with Crippen LogP contribution in [0.5, 0.6) is 0 Å². The number of benzene rings is 2. The molecule has 0 unspecified atom stereocenters. The summed E-state index contributed by atoms with van der Waals surface area (Å²) in [5.41, 5.74) is 1.99. The molecule has 0 aliphatic heterocycles. The molecular formula is C19H19N3O2. The Morgan fingerprint density at radius 3 is 2.58 bits per heavy atom. The van der Waals surface area contributed by atoms with Crippen molar-refractivity contribution in [1.29, 1.82) is 0 Å². The molecule has 1 amide bonds. The second kappa shape index (κ2) is 6.66. The lowest BCUT2D eigenvalue weighted by Gasteiger charge is -2.17. The molecule has 3 rings (SSSR count). The number of rotatable bonds is 4. The molecule has 122 valence electrons. The van der Waals surface area contributed by atoms with Crippen molar-refractivity contribution in [3.05, 3.63) is 76.2 Å². The Morgan fingerprint density at radius 2 is 1.83 bits per heavy atom. The van der Waals surface area contributed by atoms with E-state index in [9.17, 15) is 9.59 Å². The fourth-order valence-electron chi connectivity index (χ4n) is 2.54. The van der Waals surface area contributed by atoms with Gasteiger partial charge in [-0.05, 0) is 18.6 Å². The smallest absolute Gasteiger partial charge is 0.275 e. The summed E-state index contributed by atoms with van der Waals surface area (Å²) in [5.74, 6) is -0.152. The number of fused-ring (bicyclic) bond motifs is 1. The second-order valence-corrected chi connectivity index (χ2v) is 5.93. The van der Waals surface area contributed by atoms with Crippen LogP contribution >= 0.6 is 0 Å². The highest BCUT2D eigenvalue weighted by Crippen LogP contribution is 2.08. The minimum atomic E-state index is -0.245. The first-order valence-corrected chi connectivity index (χ1v) is 7.79. The number of likely N-dealkylation sites (N-methyl/N-ethyl adjacent to an activating group) is 1. The fraction of sp³-hybridized carbons (Fsp3) is 0.211. The molecule has 5 heteroatoms. The van der Waals surface area contributed by atoms with Crippen LogP contribution in [0.3, 0.4) is 0 Å². The summed E-state index contributed by atoms with van der Waals surface area (Å²) in [7, 11) is 1.73. The molecule has 3 aromatic rings. The molecule has 0 saturated heterocycles. The molecule has 0 fully saturated rings. The van der Waals surface area contributed by atoms with Crippen LogP contribution in [0.1, 0.15) is 11.1 Å². The third-order valence-electron chi connectivity index (χ3n) is 4.01. The Morgan fingerprint density at radius 1 is 1.12 bits per heavy atom. The molecule has 0 N–H and O–H groups in total. The average molecular weight is 321 g/mol. The van der Waals surface area contributed by atoms with Gasteiger partial charge in [0.2, 0.25) is 5.91 Å². The van der Waals surface area contributed by atoms with Crippen molar-refractivity contribution in [1.82, 2.24) is 14.7 Å². The number of nitrogens with zero attached hydrogens (tertiary/aromatic N) is 3. The van der Waals surface area contributed by atoms with E-state index in [0.29, 0.717) is 11.9 Å². The number of aryl methyl sites for hydroxylation is 1. The van der Waals surface area contributed by atoms with Gasteiger partial charge in [0.25, 0.3) is 5.56 Å². The summed E-state index contributed by atoms with van der Waals surface area (Å²) in [6, 6.07) is 15.3. The number of hydrogen-bond donors (Lipinski definition) is 0. The van der Waals surface area contributed by atoms with Crippen LogP contribution in [-0.2, 0) is 17.9 Å². The lowest BCUT2D eigenvalue weighted by Crippen LogP contribution is -2.34. The zero-order chi connectivity index (χ0) is 17.1. The largest absolute Gasteiger partial charge is 0.340 e. The van der Waals surface area contributed by atoms with Crippen LogP contribution in [0, 0.1) is 6.92 Å². The summed E-state index contributed by atoms with van der Waals surface area (Å²) in [6.45, 7) is 2.46. The summed E-state index contributed by atoms with van der Waals surface area (Å²) >= 11 is 0. The van der Waals surface area contributed by atoms with Crippen LogP contribution in [0.25, 0.3) is 10.8 Å². The van der Waals surface area contributed by atoms with Gasteiger partial charge in [0.15, 0.2) is 0 Å². The molecular weight excluding hydrogens is 302 g/mol. The molecule has 1 aromatic heterocycles. The van der Waals surface area contributed by atoms with Crippen LogP contribution in [0.4, 0.5) is 0 Å². The Hall–Kier alpha value is -2.95. The van der Waals surface area contributed by atoms with Gasteiger partial charge < -0.3 is 4.90 Å². The predicted molar refractivity (Wildman–Crippen MR) is 93.7 cm³/mol. The Bertz CT molecular complexity index is 929. The van der Waals surface area contributed by atoms with Gasteiger partial charge in [-0.15, -0.1) is 0 Å². The van der Waals surface area contributed by atoms with E-state index in [1.165, 1.54) is 10.2 Å². The third-order valence-corrected chi connectivity index (χ3v) is 4.01. The molecule has 24 heavy (non-hydrogen) atoms. The van der Waals surface area contributed by atoms with Crippen molar-refractivity contribution in [3.63, 3.8) is 0 Å². The minimum Gasteiger partial charge on any atom is -0.340 e. The van der Waals surface area contributed by atoms with Crippen LogP contribution < -0.4 is 5.56 Å². The molecule has 0 aliphatic carbocycles. The van der Waals surface area contributed by atoms with E-state index in [1.54, 1.807) is 30.3 Å². The normalized spacial score (nSPS) is 10.8. The molecule has 0 bridgehead atoms. The number of hydrogen-bond acceptors (Lipinski definition) is 3. The molecule has 0 radical (unpaired) electrons. The first kappa shape index (κ1) is 15.9. The van der Waals surface area contributed by atoms with Gasteiger partial charge in [-0.1, -0.05) is 48.0 Å². The summed E-state index contributed by atoms with van der Waals surface area (Å²) in [5, 5.41) is 5.45. The zero-order valence-corrected chi connectivity index (χ0v) is 13.8. The van der Waals surface area contributed by atoms with Crippen molar-refractivity contribution >= 4 is 16.7 Å². The number of aromatic nitrogens is 2. The van der Waals surface area contributed by atoms with Crippen LogP contribution in [0.2, 0.25) is 0 Å². The van der Waals surface area contributed by atoms with E-state index in [2.05, 4.69) is 5.10 Å². The topological polar surface area (TPSA) is 55.2 Å². The molecule has 1 heterocycles. The van der Waals surface area contributed by atoms with Crippen molar-refractivity contribution in [2.24, 2.45) is 0 Å². The van der Waals surface area contributed by atoms with E-state index < -0.39 is 0 Å². The van der Waals surface area contributed by atoms with Gasteiger partial charge in [0.05, 0.1) is 11.6 Å². The quantitative estimate of drug-likeness (QED) is 0.741. The van der Waals surface area contributed by atoms with E-state index in [4.69, 9.17) is 0 Å². The first-order valence-electron chi connectivity index (χ1n) is 7.79. The summed E-state index contributed by atoms with van der Waals surface area (Å²) in [4.78, 5) is 26.4. The summed E-state index contributed by atoms with van der Waals surface area (Å²) < 4.78 is 1.22. The minimum absolute atomic E-state index is 0.0635. The fourth-order valence-corrected chi connectivity index (χ4v) is 2.54. The molecule has 2 aromatic carbocycles. The maximum absolute atomic E-state index is 12.4. The highest BCUT2D eigenvalue weighted by atomic mass is 16.2. The molecule has 0 aliphatic rings. The highest BCUT2D eigenvalue weighted by Gasteiger charge is 2.13. The lowest BCUT2D eigenvalue weighted by molar-refractivity contribution is -0.131. The van der Waals surface area contributed by atoms with E-state index in [0.717, 1.165) is 10.9 Å². The molecule has 0 spiro atoms. The molecule has 0 atom stereocenters. The van der Waals surface area contributed by atoms with Crippen molar-refractivity contribution in [3.8, 4) is 0 Å². The maximum atomic E-state index is 12.4. The van der Waals surface area contributed by atoms with Gasteiger partial charge in [-0.3, -0.25) is 9.59 Å². The second-order valence-electron chi connectivity index (χ2n) is 5.93. The Kier molecular flexibility index (Phi) is 4.42. The van der Waals surface area contributed by atoms with Crippen LogP contribution in [-0.4, -0.2) is 27.6 Å². The standard InChI is InChI=1S/C19H19N3O2/c1-14-7-9-15(10-8-14)12-21(2)18(23)13-22-19(24)17-6-4-3-5-16(17)11-20-22/h3-11H,12-13H2,1-2H3. The Balaban J connectivity index is 1.75. The van der Waals surface area contributed by atoms with E-state index in [1.807, 2.05) is 43.3 Å². The molecule has 5 nitrogen and oxygen atoms in total. The SMILES string of the molecule is Cc1ccc(CN(C)C(=O)Cn2ncc3ccccc3c2=O)cc1. The number of carbonyl (C=O) groups is 1. The average Bonchev–Trinajstić information content (AvgIpc) is 2.59. The number of amides is 1. The lowest BCUT2D eigenvalue weighted by atomic mass is 10.1. The van der Waals surface area contributed by atoms with Crippen molar-refractivity contribution in [2.75, 3.05) is 7.05 Å². The number of carbonyl (C=O) groups excluding carboxylic acids is 1. The molecule has 0 saturated carbocycles. The van der Waals surface area contributed by atoms with E-state index >= 15 is 0 Å². The van der Waals surface area contributed by atoms with Gasteiger partial charge in [-0.25, -0.2) is 4.68 Å². The van der Waals surface area contributed by atoms with Gasteiger partial charge in [0.1, 0.15) is 6.54 Å². The maximum Gasteiger partial charge on any atom is 0.275 e. The first-order chi connectivity index (χ1) is 11.5. The monoisotopic (exact) mass is 321 g/mol. The van der Waals surface area contributed by atoms with Crippen molar-refractivity contribution < 1.29 is 4.79 Å². The van der Waals surface area contributed by atoms with Crippen molar-refractivity contribution in [2.45, 2.75) is 20.0 Å². The zero-order valence-electron chi connectivity index (χ0n) is 13.8. The van der Waals surface area contributed by atoms with Gasteiger partial charge in [0, 0.05) is 19.0 Å². The third kappa shape index (κ3) is 3.35.